The van der Waals surface area contributed by atoms with Gasteiger partial charge in [-0.3, -0.25) is 4.79 Å². The predicted molar refractivity (Wildman–Crippen MR) is 55.9 cm³/mol. The summed E-state index contributed by atoms with van der Waals surface area (Å²) in [5, 5.41) is 2.35. The summed E-state index contributed by atoms with van der Waals surface area (Å²) < 4.78 is 0. The number of hydrogen-bond donors (Lipinski definition) is 1. The third-order valence-corrected chi connectivity index (χ3v) is 2.33. The van der Waals surface area contributed by atoms with E-state index in [1.54, 1.807) is 6.92 Å². The topological polar surface area (TPSA) is 29.1 Å². The molecule has 1 N–H and O–H groups in total. The second kappa shape index (κ2) is 7.74. The lowest BCUT2D eigenvalue weighted by atomic mass is 10.3. The highest BCUT2D eigenvalue weighted by atomic mass is 35.5. The van der Waals surface area contributed by atoms with Crippen molar-refractivity contribution in [2.45, 2.75) is 25.1 Å². The molecule has 0 aliphatic carbocycles. The highest BCUT2D eigenvalue weighted by Crippen LogP contribution is 1.98. The molecule has 4 heteroatoms. The van der Waals surface area contributed by atoms with E-state index < -0.39 is 5.38 Å². The number of rotatable bonds is 6. The van der Waals surface area contributed by atoms with Gasteiger partial charge >= 0.3 is 0 Å². The van der Waals surface area contributed by atoms with Crippen molar-refractivity contribution in [3.63, 3.8) is 0 Å². The molecule has 0 saturated carbocycles. The molecule has 0 aromatic rings. The normalized spacial score (nSPS) is 12.6. The van der Waals surface area contributed by atoms with Gasteiger partial charge in [0.2, 0.25) is 5.91 Å². The Hall–Kier alpha value is 0.110. The Kier molecular flexibility index (Phi) is 7.81. The largest absolute Gasteiger partial charge is 0.355 e. The molecule has 0 heterocycles. The van der Waals surface area contributed by atoms with Gasteiger partial charge in [0.1, 0.15) is 5.38 Å². The number of carbonyl (C=O) groups is 1. The van der Waals surface area contributed by atoms with Gasteiger partial charge in [0, 0.05) is 6.54 Å². The summed E-state index contributed by atoms with van der Waals surface area (Å²) in [7, 11) is 0. The first-order valence-corrected chi connectivity index (χ1v) is 5.92. The molecule has 0 aliphatic heterocycles. The van der Waals surface area contributed by atoms with Gasteiger partial charge in [-0.1, -0.05) is 0 Å². The second-order valence-electron chi connectivity index (χ2n) is 2.61. The van der Waals surface area contributed by atoms with Gasteiger partial charge in [0.25, 0.3) is 0 Å². The average molecular weight is 210 g/mol. The molecule has 2 nitrogen and oxygen atoms in total. The first-order valence-electron chi connectivity index (χ1n) is 4.09. The van der Waals surface area contributed by atoms with Gasteiger partial charge in [-0.05, 0) is 31.8 Å². The molecule has 0 aromatic carbocycles. The van der Waals surface area contributed by atoms with Crippen molar-refractivity contribution in [1.82, 2.24) is 5.32 Å². The summed E-state index contributed by atoms with van der Waals surface area (Å²) in [4.78, 5) is 10.9. The predicted octanol–water partition coefficient (Wildman–Crippen LogP) is 1.87. The van der Waals surface area contributed by atoms with Crippen LogP contribution in [0.25, 0.3) is 0 Å². The number of amides is 1. The summed E-state index contributed by atoms with van der Waals surface area (Å²) in [6.45, 7) is 2.43. The molecule has 0 radical (unpaired) electrons. The Morgan fingerprint density at radius 2 is 2.25 bits per heavy atom. The van der Waals surface area contributed by atoms with Crippen molar-refractivity contribution in [3.8, 4) is 0 Å². The van der Waals surface area contributed by atoms with Crippen molar-refractivity contribution < 1.29 is 4.79 Å². The van der Waals surface area contributed by atoms with Crippen molar-refractivity contribution in [2.75, 3.05) is 18.6 Å². The van der Waals surface area contributed by atoms with Crippen LogP contribution in [-0.4, -0.2) is 29.8 Å². The Morgan fingerprint density at radius 3 is 2.75 bits per heavy atom. The molecule has 72 valence electrons. The fourth-order valence-corrected chi connectivity index (χ4v) is 1.29. The third-order valence-electron chi connectivity index (χ3n) is 1.44. The van der Waals surface area contributed by atoms with Crippen LogP contribution in [0.5, 0.6) is 0 Å². The Labute approximate surface area is 83.4 Å². The van der Waals surface area contributed by atoms with Crippen LogP contribution in [0, 0.1) is 0 Å². The Bertz CT molecular complexity index is 130. The first kappa shape index (κ1) is 12.1. The highest BCUT2D eigenvalue weighted by Gasteiger charge is 2.06. The summed E-state index contributed by atoms with van der Waals surface area (Å²) in [6, 6.07) is 0. The van der Waals surface area contributed by atoms with Crippen molar-refractivity contribution in [3.05, 3.63) is 0 Å². The fourth-order valence-electron chi connectivity index (χ4n) is 0.724. The monoisotopic (exact) mass is 209 g/mol. The summed E-state index contributed by atoms with van der Waals surface area (Å²) in [5.41, 5.74) is 0. The summed E-state index contributed by atoms with van der Waals surface area (Å²) in [5.74, 6) is 1.09. The number of alkyl halides is 1. The number of thioether (sulfide) groups is 1. The van der Waals surface area contributed by atoms with Crippen LogP contribution in [0.2, 0.25) is 0 Å². The number of carbonyl (C=O) groups excluding carboxylic acids is 1. The molecular formula is C8H16ClNOS. The van der Waals surface area contributed by atoms with Gasteiger partial charge in [-0.25, -0.2) is 0 Å². The standard InChI is InChI=1S/C8H16ClNOS/c1-7(9)8(11)10-5-3-4-6-12-2/h7H,3-6H2,1-2H3,(H,10,11). The van der Waals surface area contributed by atoms with E-state index >= 15 is 0 Å². The van der Waals surface area contributed by atoms with Crippen LogP contribution < -0.4 is 5.32 Å². The van der Waals surface area contributed by atoms with E-state index in [0.29, 0.717) is 0 Å². The first-order chi connectivity index (χ1) is 5.68. The molecule has 1 atom stereocenters. The summed E-state index contributed by atoms with van der Waals surface area (Å²) in [6.07, 6.45) is 4.27. The Balaban J connectivity index is 3.14. The SMILES string of the molecule is CSCCCCNC(=O)C(C)Cl. The zero-order valence-corrected chi connectivity index (χ0v) is 9.17. The van der Waals surface area contributed by atoms with E-state index in [2.05, 4.69) is 11.6 Å². The lowest BCUT2D eigenvalue weighted by Gasteiger charge is -2.05. The van der Waals surface area contributed by atoms with Crippen LogP contribution in [0.4, 0.5) is 0 Å². The molecule has 0 spiro atoms. The summed E-state index contributed by atoms with van der Waals surface area (Å²) >= 11 is 7.38. The molecule has 1 amide bonds. The van der Waals surface area contributed by atoms with Crippen LogP contribution in [0.3, 0.4) is 0 Å². The van der Waals surface area contributed by atoms with Gasteiger partial charge in [-0.2, -0.15) is 11.8 Å². The molecule has 1 unspecified atom stereocenters. The Morgan fingerprint density at radius 1 is 1.58 bits per heavy atom. The molecule has 0 fully saturated rings. The maximum atomic E-state index is 10.9. The number of halogens is 1. The van der Waals surface area contributed by atoms with Crippen LogP contribution in [0.15, 0.2) is 0 Å². The van der Waals surface area contributed by atoms with Gasteiger partial charge in [0.15, 0.2) is 0 Å². The lowest BCUT2D eigenvalue weighted by Crippen LogP contribution is -2.30. The van der Waals surface area contributed by atoms with E-state index in [1.807, 2.05) is 11.8 Å². The number of unbranched alkanes of at least 4 members (excludes halogenated alkanes) is 1. The van der Waals surface area contributed by atoms with Gasteiger partial charge in [0.05, 0.1) is 0 Å². The van der Waals surface area contributed by atoms with Crippen LogP contribution in [0.1, 0.15) is 19.8 Å². The van der Waals surface area contributed by atoms with E-state index in [-0.39, 0.29) is 5.91 Å². The molecule has 0 aromatic heterocycles. The van der Waals surface area contributed by atoms with E-state index in [4.69, 9.17) is 11.6 Å². The molecular weight excluding hydrogens is 194 g/mol. The average Bonchev–Trinajstić information content (AvgIpc) is 2.03. The van der Waals surface area contributed by atoms with E-state index in [1.165, 1.54) is 0 Å². The van der Waals surface area contributed by atoms with Crippen molar-refractivity contribution >= 4 is 29.3 Å². The molecule has 12 heavy (non-hydrogen) atoms. The quantitative estimate of drug-likeness (QED) is 0.535. The molecule has 0 aliphatic rings. The number of nitrogens with one attached hydrogen (secondary N) is 1. The third kappa shape index (κ3) is 6.80. The lowest BCUT2D eigenvalue weighted by molar-refractivity contribution is -0.120. The zero-order valence-electron chi connectivity index (χ0n) is 7.60. The molecule has 0 bridgehead atoms. The second-order valence-corrected chi connectivity index (χ2v) is 4.25. The van der Waals surface area contributed by atoms with Crippen LogP contribution in [-0.2, 0) is 4.79 Å². The fraction of sp³-hybridized carbons (Fsp3) is 0.875. The molecule has 0 rings (SSSR count). The minimum atomic E-state index is -0.412. The zero-order chi connectivity index (χ0) is 9.40. The maximum Gasteiger partial charge on any atom is 0.237 e. The smallest absolute Gasteiger partial charge is 0.237 e. The highest BCUT2D eigenvalue weighted by molar-refractivity contribution is 7.98. The van der Waals surface area contributed by atoms with Crippen molar-refractivity contribution in [2.24, 2.45) is 0 Å². The van der Waals surface area contributed by atoms with Crippen LogP contribution >= 0.6 is 23.4 Å². The number of hydrogen-bond acceptors (Lipinski definition) is 2. The van der Waals surface area contributed by atoms with Gasteiger partial charge in [-0.15, -0.1) is 11.6 Å². The maximum absolute atomic E-state index is 10.9. The minimum Gasteiger partial charge on any atom is -0.355 e. The van der Waals surface area contributed by atoms with Gasteiger partial charge < -0.3 is 5.32 Å². The van der Waals surface area contributed by atoms with E-state index in [9.17, 15) is 4.79 Å². The minimum absolute atomic E-state index is 0.0687. The van der Waals surface area contributed by atoms with Crippen molar-refractivity contribution in [1.29, 1.82) is 0 Å². The van der Waals surface area contributed by atoms with E-state index in [0.717, 1.165) is 25.1 Å². The molecule has 0 saturated heterocycles.